The van der Waals surface area contributed by atoms with E-state index in [9.17, 15) is 13.6 Å². The van der Waals surface area contributed by atoms with E-state index in [-0.39, 0.29) is 12.5 Å². The van der Waals surface area contributed by atoms with Gasteiger partial charge in [-0.3, -0.25) is 4.79 Å². The van der Waals surface area contributed by atoms with Crippen LogP contribution in [0.25, 0.3) is 0 Å². The van der Waals surface area contributed by atoms with Crippen LogP contribution in [-0.4, -0.2) is 12.5 Å². The van der Waals surface area contributed by atoms with Crippen LogP contribution in [0.1, 0.15) is 18.5 Å². The average Bonchev–Trinajstić information content (AvgIpc) is 2.46. The predicted molar refractivity (Wildman–Crippen MR) is 77.8 cm³/mol. The Morgan fingerprint density at radius 1 is 1.14 bits per heavy atom. The molecule has 21 heavy (non-hydrogen) atoms. The van der Waals surface area contributed by atoms with E-state index in [4.69, 9.17) is 0 Å². The number of anilines is 1. The Morgan fingerprint density at radius 2 is 1.86 bits per heavy atom. The number of hydrogen-bond donors (Lipinski definition) is 2. The molecule has 0 bridgehead atoms. The Kier molecular flexibility index (Phi) is 5.00. The minimum absolute atomic E-state index is 0.0346. The summed E-state index contributed by atoms with van der Waals surface area (Å²) in [7, 11) is 0. The predicted octanol–water partition coefficient (Wildman–Crippen LogP) is 3.25. The molecule has 3 nitrogen and oxygen atoms in total. The monoisotopic (exact) mass is 290 g/mol. The summed E-state index contributed by atoms with van der Waals surface area (Å²) in [6, 6.07) is 12.1. The largest absolute Gasteiger partial charge is 0.325 e. The molecule has 0 saturated heterocycles. The first kappa shape index (κ1) is 15.1. The van der Waals surface area contributed by atoms with Crippen LogP contribution in [0.3, 0.4) is 0 Å². The van der Waals surface area contributed by atoms with Crippen molar-refractivity contribution in [1.82, 2.24) is 5.32 Å². The Morgan fingerprint density at radius 3 is 2.52 bits per heavy atom. The van der Waals surface area contributed by atoms with Gasteiger partial charge in [0.05, 0.1) is 6.54 Å². The summed E-state index contributed by atoms with van der Waals surface area (Å²) in [6.45, 7) is 1.75. The summed E-state index contributed by atoms with van der Waals surface area (Å²) in [5.41, 5.74) is 1.02. The van der Waals surface area contributed by atoms with Crippen molar-refractivity contribution in [1.29, 1.82) is 0 Å². The Bertz CT molecular complexity index is 617. The minimum Gasteiger partial charge on any atom is -0.325 e. The van der Waals surface area contributed by atoms with Gasteiger partial charge in [0.1, 0.15) is 11.6 Å². The van der Waals surface area contributed by atoms with Crippen molar-refractivity contribution in [2.75, 3.05) is 11.9 Å². The van der Waals surface area contributed by atoms with Crippen molar-refractivity contribution < 1.29 is 13.6 Å². The maximum Gasteiger partial charge on any atom is 0.238 e. The fraction of sp³-hybridized carbons (Fsp3) is 0.188. The van der Waals surface area contributed by atoms with Crippen molar-refractivity contribution in [2.24, 2.45) is 0 Å². The molecule has 0 heterocycles. The van der Waals surface area contributed by atoms with E-state index >= 15 is 0 Å². The number of nitrogens with one attached hydrogen (secondary N) is 2. The lowest BCUT2D eigenvalue weighted by Gasteiger charge is -2.15. The highest BCUT2D eigenvalue weighted by molar-refractivity contribution is 5.92. The van der Waals surface area contributed by atoms with E-state index in [2.05, 4.69) is 10.6 Å². The van der Waals surface area contributed by atoms with Crippen LogP contribution in [-0.2, 0) is 4.79 Å². The molecule has 2 aromatic carbocycles. The second kappa shape index (κ2) is 6.95. The molecular formula is C16H16F2N2O. The van der Waals surface area contributed by atoms with Crippen molar-refractivity contribution in [3.63, 3.8) is 0 Å². The van der Waals surface area contributed by atoms with Gasteiger partial charge in [-0.1, -0.05) is 24.3 Å². The lowest BCUT2D eigenvalue weighted by Crippen LogP contribution is -2.30. The molecular weight excluding hydrogens is 274 g/mol. The molecule has 0 fully saturated rings. The smallest absolute Gasteiger partial charge is 0.238 e. The van der Waals surface area contributed by atoms with Gasteiger partial charge in [0.15, 0.2) is 0 Å². The fourth-order valence-electron chi connectivity index (χ4n) is 1.94. The molecule has 0 spiro atoms. The van der Waals surface area contributed by atoms with Crippen LogP contribution in [0.2, 0.25) is 0 Å². The second-order valence-corrected chi connectivity index (χ2v) is 4.68. The maximum absolute atomic E-state index is 13.6. The highest BCUT2D eigenvalue weighted by Crippen LogP contribution is 2.17. The zero-order chi connectivity index (χ0) is 15.2. The molecule has 1 amide bonds. The first-order valence-corrected chi connectivity index (χ1v) is 6.59. The van der Waals surface area contributed by atoms with Gasteiger partial charge in [0.25, 0.3) is 0 Å². The summed E-state index contributed by atoms with van der Waals surface area (Å²) in [5, 5.41) is 5.62. The molecule has 2 N–H and O–H groups in total. The van der Waals surface area contributed by atoms with Gasteiger partial charge < -0.3 is 10.6 Å². The first-order valence-electron chi connectivity index (χ1n) is 6.59. The number of amides is 1. The van der Waals surface area contributed by atoms with E-state index in [1.165, 1.54) is 12.1 Å². The topological polar surface area (TPSA) is 41.1 Å². The number of halogens is 2. The second-order valence-electron chi connectivity index (χ2n) is 4.68. The summed E-state index contributed by atoms with van der Waals surface area (Å²) in [6.07, 6.45) is 0. The fourth-order valence-corrected chi connectivity index (χ4v) is 1.94. The van der Waals surface area contributed by atoms with Crippen LogP contribution in [0.4, 0.5) is 14.5 Å². The molecule has 0 aliphatic heterocycles. The van der Waals surface area contributed by atoms with Gasteiger partial charge in [-0.05, 0) is 25.1 Å². The average molecular weight is 290 g/mol. The third kappa shape index (κ3) is 4.36. The molecule has 0 aliphatic carbocycles. The zero-order valence-corrected chi connectivity index (χ0v) is 11.6. The Labute approximate surface area is 122 Å². The standard InChI is InChI=1S/C16H16F2N2O/c1-11(14-8-7-12(17)9-15(14)18)19-10-16(21)20-13-5-3-2-4-6-13/h2-9,11,19H,10H2,1H3,(H,20,21)/t11-/m1/s1. The van der Waals surface area contributed by atoms with E-state index in [1.807, 2.05) is 18.2 Å². The van der Waals surface area contributed by atoms with Gasteiger partial charge in [-0.15, -0.1) is 0 Å². The van der Waals surface area contributed by atoms with Gasteiger partial charge in [-0.2, -0.15) is 0 Å². The molecule has 0 saturated carbocycles. The highest BCUT2D eigenvalue weighted by Gasteiger charge is 2.12. The number of rotatable bonds is 5. The zero-order valence-electron chi connectivity index (χ0n) is 11.6. The number of benzene rings is 2. The molecule has 5 heteroatoms. The molecule has 2 aromatic rings. The lowest BCUT2D eigenvalue weighted by molar-refractivity contribution is -0.115. The Hall–Kier alpha value is -2.27. The van der Waals surface area contributed by atoms with Crippen LogP contribution in [0.5, 0.6) is 0 Å². The van der Waals surface area contributed by atoms with Crippen LogP contribution in [0, 0.1) is 11.6 Å². The van der Waals surface area contributed by atoms with Gasteiger partial charge in [0, 0.05) is 23.4 Å². The number of para-hydroxylation sites is 1. The first-order chi connectivity index (χ1) is 10.1. The normalized spacial score (nSPS) is 12.0. The summed E-state index contributed by atoms with van der Waals surface area (Å²) < 4.78 is 26.4. The highest BCUT2D eigenvalue weighted by atomic mass is 19.1. The molecule has 0 aromatic heterocycles. The molecule has 1 atom stereocenters. The number of carbonyl (C=O) groups excluding carboxylic acids is 1. The molecule has 0 aliphatic rings. The van der Waals surface area contributed by atoms with Gasteiger partial charge >= 0.3 is 0 Å². The summed E-state index contributed by atoms with van der Waals surface area (Å²) >= 11 is 0. The van der Waals surface area contributed by atoms with Crippen molar-refractivity contribution in [2.45, 2.75) is 13.0 Å². The van der Waals surface area contributed by atoms with Crippen LogP contribution < -0.4 is 10.6 Å². The SMILES string of the molecule is C[C@@H](NCC(=O)Nc1ccccc1)c1ccc(F)cc1F. The van der Waals surface area contributed by atoms with Gasteiger partial charge in [-0.25, -0.2) is 8.78 Å². The van der Waals surface area contributed by atoms with E-state index in [1.54, 1.807) is 19.1 Å². The van der Waals surface area contributed by atoms with E-state index < -0.39 is 17.7 Å². The number of carbonyl (C=O) groups is 1. The van der Waals surface area contributed by atoms with Crippen molar-refractivity contribution in [3.8, 4) is 0 Å². The minimum atomic E-state index is -0.626. The number of hydrogen-bond acceptors (Lipinski definition) is 2. The van der Waals surface area contributed by atoms with E-state index in [0.717, 1.165) is 6.07 Å². The third-order valence-electron chi connectivity index (χ3n) is 3.06. The molecule has 2 rings (SSSR count). The molecule has 110 valence electrons. The molecule has 0 radical (unpaired) electrons. The summed E-state index contributed by atoms with van der Waals surface area (Å²) in [4.78, 5) is 11.8. The molecule has 0 unspecified atom stereocenters. The lowest BCUT2D eigenvalue weighted by atomic mass is 10.1. The summed E-state index contributed by atoms with van der Waals surface area (Å²) in [5.74, 6) is -1.47. The quantitative estimate of drug-likeness (QED) is 0.887. The van der Waals surface area contributed by atoms with E-state index in [0.29, 0.717) is 11.3 Å². The third-order valence-corrected chi connectivity index (χ3v) is 3.06. The van der Waals surface area contributed by atoms with Crippen LogP contribution in [0.15, 0.2) is 48.5 Å². The van der Waals surface area contributed by atoms with Gasteiger partial charge in [0.2, 0.25) is 5.91 Å². The van der Waals surface area contributed by atoms with Crippen molar-refractivity contribution in [3.05, 3.63) is 65.7 Å². The maximum atomic E-state index is 13.6. The Balaban J connectivity index is 1.89. The van der Waals surface area contributed by atoms with Crippen molar-refractivity contribution >= 4 is 11.6 Å². The van der Waals surface area contributed by atoms with Crippen LogP contribution >= 0.6 is 0 Å².